The number of methoxy groups -OCH3 is 3. The number of fused-ring (bicyclic) bond motifs is 1. The number of benzene rings is 3. The number of para-hydroxylation sites is 2. The Hall–Kier alpha value is -4.11. The van der Waals surface area contributed by atoms with Crippen molar-refractivity contribution in [1.82, 2.24) is 15.3 Å². The quantitative estimate of drug-likeness (QED) is 0.366. The number of rotatable bonds is 6. The number of nitrogens with zero attached hydrogens (tertiary/aromatic N) is 1. The van der Waals surface area contributed by atoms with Crippen LogP contribution in [0.5, 0.6) is 17.2 Å². The van der Waals surface area contributed by atoms with Gasteiger partial charge in [-0.05, 0) is 54.7 Å². The Morgan fingerprint density at radius 3 is 2.33 bits per heavy atom. The Labute approximate surface area is 195 Å². The van der Waals surface area contributed by atoms with Crippen molar-refractivity contribution in [3.63, 3.8) is 0 Å². The average molecular weight is 463 g/mol. The highest BCUT2D eigenvalue weighted by molar-refractivity contribution is 7.80. The van der Waals surface area contributed by atoms with Crippen LogP contribution in [-0.4, -0.2) is 42.3 Å². The minimum absolute atomic E-state index is 0.113. The van der Waals surface area contributed by atoms with Crippen LogP contribution in [0.1, 0.15) is 10.4 Å². The first kappa shape index (κ1) is 22.1. The van der Waals surface area contributed by atoms with E-state index in [1.165, 1.54) is 14.2 Å². The third kappa shape index (κ3) is 4.88. The molecule has 1 aromatic heterocycles. The van der Waals surface area contributed by atoms with Crippen molar-refractivity contribution >= 4 is 40.0 Å². The van der Waals surface area contributed by atoms with E-state index in [0.717, 1.165) is 16.6 Å². The van der Waals surface area contributed by atoms with E-state index in [1.54, 1.807) is 25.3 Å². The largest absolute Gasteiger partial charge is 0.497 e. The molecule has 168 valence electrons. The van der Waals surface area contributed by atoms with Gasteiger partial charge in [-0.1, -0.05) is 12.1 Å². The molecule has 0 saturated carbocycles. The lowest BCUT2D eigenvalue weighted by molar-refractivity contribution is 0.0977. The predicted octanol–water partition coefficient (Wildman–Crippen LogP) is 4.38. The monoisotopic (exact) mass is 462 g/mol. The van der Waals surface area contributed by atoms with Crippen molar-refractivity contribution in [2.24, 2.45) is 0 Å². The summed E-state index contributed by atoms with van der Waals surface area (Å²) >= 11 is 5.37. The van der Waals surface area contributed by atoms with E-state index in [9.17, 15) is 4.79 Å². The molecule has 0 aliphatic carbocycles. The van der Waals surface area contributed by atoms with Gasteiger partial charge in [-0.3, -0.25) is 10.1 Å². The molecule has 4 aromatic rings. The number of carbonyl (C=O) groups is 1. The lowest BCUT2D eigenvalue weighted by Crippen LogP contribution is -2.34. The van der Waals surface area contributed by atoms with E-state index >= 15 is 0 Å². The standard InChI is InChI=1S/C24H22N4O4S/c1-30-16-10-15(11-17(13-16)31-2)23(29)28-24(33)27-20-12-14(8-9-21(20)32-3)22-25-18-6-4-5-7-19(18)26-22/h4-13H,1-3H3,(H,25,26)(H2,27,28,29,33). The van der Waals surface area contributed by atoms with Gasteiger partial charge in [0.05, 0.1) is 38.1 Å². The number of hydrogen-bond donors (Lipinski definition) is 3. The number of imidazole rings is 1. The first-order valence-electron chi connectivity index (χ1n) is 9.99. The summed E-state index contributed by atoms with van der Waals surface area (Å²) in [6.45, 7) is 0. The van der Waals surface area contributed by atoms with E-state index < -0.39 is 5.91 Å². The fourth-order valence-corrected chi connectivity index (χ4v) is 3.51. The number of H-pyrrole nitrogens is 1. The summed E-state index contributed by atoms with van der Waals surface area (Å²) in [6.07, 6.45) is 0. The molecule has 0 atom stereocenters. The number of anilines is 1. The van der Waals surface area contributed by atoms with Crippen LogP contribution in [0.3, 0.4) is 0 Å². The SMILES string of the molecule is COc1cc(OC)cc(C(=O)NC(=S)Nc2cc(-c3nc4ccccc4[nH]3)ccc2OC)c1. The van der Waals surface area contributed by atoms with Crippen LogP contribution in [0.4, 0.5) is 5.69 Å². The molecule has 9 heteroatoms. The van der Waals surface area contributed by atoms with Gasteiger partial charge in [-0.2, -0.15) is 0 Å². The minimum atomic E-state index is -0.405. The highest BCUT2D eigenvalue weighted by Crippen LogP contribution is 2.30. The van der Waals surface area contributed by atoms with Gasteiger partial charge >= 0.3 is 0 Å². The lowest BCUT2D eigenvalue weighted by Gasteiger charge is -2.14. The van der Waals surface area contributed by atoms with Crippen LogP contribution in [0.2, 0.25) is 0 Å². The van der Waals surface area contributed by atoms with Crippen molar-refractivity contribution in [2.45, 2.75) is 0 Å². The molecule has 0 spiro atoms. The molecule has 0 saturated heterocycles. The predicted molar refractivity (Wildman–Crippen MR) is 131 cm³/mol. The summed E-state index contributed by atoms with van der Waals surface area (Å²) in [6, 6.07) is 18.2. The molecular weight excluding hydrogens is 440 g/mol. The smallest absolute Gasteiger partial charge is 0.257 e. The van der Waals surface area contributed by atoms with E-state index in [4.69, 9.17) is 26.4 Å². The number of aromatic amines is 1. The highest BCUT2D eigenvalue weighted by Gasteiger charge is 2.14. The van der Waals surface area contributed by atoms with Gasteiger partial charge in [0.2, 0.25) is 0 Å². The molecule has 1 heterocycles. The van der Waals surface area contributed by atoms with Gasteiger partial charge in [-0.25, -0.2) is 4.98 Å². The molecule has 8 nitrogen and oxygen atoms in total. The summed E-state index contributed by atoms with van der Waals surface area (Å²) in [5.41, 5.74) is 3.58. The van der Waals surface area contributed by atoms with E-state index in [0.29, 0.717) is 34.3 Å². The maximum atomic E-state index is 12.7. The Morgan fingerprint density at radius 1 is 0.939 bits per heavy atom. The third-order valence-corrected chi connectivity index (χ3v) is 5.16. The van der Waals surface area contributed by atoms with Crippen LogP contribution in [0.15, 0.2) is 60.7 Å². The summed E-state index contributed by atoms with van der Waals surface area (Å²) in [7, 11) is 4.60. The van der Waals surface area contributed by atoms with Gasteiger partial charge in [0, 0.05) is 17.2 Å². The molecule has 4 rings (SSSR count). The number of amides is 1. The van der Waals surface area contributed by atoms with Crippen molar-refractivity contribution in [3.05, 3.63) is 66.2 Å². The second-order valence-electron chi connectivity index (χ2n) is 7.03. The first-order chi connectivity index (χ1) is 16.0. The molecule has 0 aliphatic rings. The molecule has 0 bridgehead atoms. The van der Waals surface area contributed by atoms with Crippen molar-refractivity contribution in [1.29, 1.82) is 0 Å². The molecule has 3 N–H and O–H groups in total. The van der Waals surface area contributed by atoms with Gasteiger partial charge in [-0.15, -0.1) is 0 Å². The number of ether oxygens (including phenoxy) is 3. The fraction of sp³-hybridized carbons (Fsp3) is 0.125. The average Bonchev–Trinajstić information content (AvgIpc) is 3.28. The molecule has 0 fully saturated rings. The summed E-state index contributed by atoms with van der Waals surface area (Å²) in [5.74, 6) is 1.86. The van der Waals surface area contributed by atoms with Crippen LogP contribution in [0.25, 0.3) is 22.4 Å². The minimum Gasteiger partial charge on any atom is -0.497 e. The summed E-state index contributed by atoms with van der Waals surface area (Å²) in [5, 5.41) is 5.82. The number of thiocarbonyl (C=S) groups is 1. The zero-order valence-corrected chi connectivity index (χ0v) is 19.1. The zero-order valence-electron chi connectivity index (χ0n) is 18.3. The molecule has 0 unspecified atom stereocenters. The van der Waals surface area contributed by atoms with Crippen LogP contribution < -0.4 is 24.8 Å². The second kappa shape index (κ2) is 9.58. The molecular formula is C24H22N4O4S. The molecule has 1 amide bonds. The number of hydrogen-bond acceptors (Lipinski definition) is 6. The van der Waals surface area contributed by atoms with Gasteiger partial charge < -0.3 is 24.5 Å². The Morgan fingerprint density at radius 2 is 1.67 bits per heavy atom. The maximum Gasteiger partial charge on any atom is 0.257 e. The van der Waals surface area contributed by atoms with E-state index in [-0.39, 0.29) is 5.11 Å². The van der Waals surface area contributed by atoms with Crippen molar-refractivity contribution in [2.75, 3.05) is 26.6 Å². The molecule has 0 radical (unpaired) electrons. The number of aromatic nitrogens is 2. The van der Waals surface area contributed by atoms with Crippen LogP contribution in [-0.2, 0) is 0 Å². The zero-order chi connectivity index (χ0) is 23.4. The van der Waals surface area contributed by atoms with E-state index in [1.807, 2.05) is 42.5 Å². The third-order valence-electron chi connectivity index (χ3n) is 4.95. The number of nitrogens with one attached hydrogen (secondary N) is 3. The van der Waals surface area contributed by atoms with Crippen LogP contribution in [0, 0.1) is 0 Å². The number of carbonyl (C=O) groups excluding carboxylic acids is 1. The fourth-order valence-electron chi connectivity index (χ4n) is 3.31. The van der Waals surface area contributed by atoms with Crippen molar-refractivity contribution in [3.8, 4) is 28.6 Å². The first-order valence-corrected chi connectivity index (χ1v) is 10.4. The van der Waals surface area contributed by atoms with Gasteiger partial charge in [0.1, 0.15) is 23.1 Å². The lowest BCUT2D eigenvalue weighted by atomic mass is 10.1. The molecule has 3 aromatic carbocycles. The Kier molecular flexibility index (Phi) is 6.41. The van der Waals surface area contributed by atoms with Gasteiger partial charge in [0.15, 0.2) is 5.11 Å². The van der Waals surface area contributed by atoms with Crippen molar-refractivity contribution < 1.29 is 19.0 Å². The van der Waals surface area contributed by atoms with E-state index in [2.05, 4.69) is 20.6 Å². The Bertz CT molecular complexity index is 1280. The van der Waals surface area contributed by atoms with Gasteiger partial charge in [0.25, 0.3) is 5.91 Å². The summed E-state index contributed by atoms with van der Waals surface area (Å²) in [4.78, 5) is 20.7. The summed E-state index contributed by atoms with van der Waals surface area (Å²) < 4.78 is 15.9. The normalized spacial score (nSPS) is 10.5. The molecule has 0 aliphatic heterocycles. The Balaban J connectivity index is 1.55. The maximum absolute atomic E-state index is 12.7. The molecule has 33 heavy (non-hydrogen) atoms. The highest BCUT2D eigenvalue weighted by atomic mass is 32.1. The topological polar surface area (TPSA) is 97.5 Å². The second-order valence-corrected chi connectivity index (χ2v) is 7.44. The van der Waals surface area contributed by atoms with Crippen LogP contribution >= 0.6 is 12.2 Å².